The van der Waals surface area contributed by atoms with E-state index >= 15 is 0 Å². The first kappa shape index (κ1) is 11.3. The summed E-state index contributed by atoms with van der Waals surface area (Å²) < 4.78 is 0. The molecule has 0 heterocycles. The van der Waals surface area contributed by atoms with Crippen LogP contribution in [0.5, 0.6) is 0 Å². The maximum Gasteiger partial charge on any atom is 0.0213 e. The van der Waals surface area contributed by atoms with Gasteiger partial charge in [0.1, 0.15) is 0 Å². The van der Waals surface area contributed by atoms with E-state index in [1.54, 1.807) is 0 Å². The van der Waals surface area contributed by atoms with E-state index in [9.17, 15) is 0 Å². The molecule has 0 aliphatic carbocycles. The molecule has 0 unspecified atom stereocenters. The van der Waals surface area contributed by atoms with Crippen LogP contribution in [0, 0.1) is 5.75 Å². The van der Waals surface area contributed by atoms with Gasteiger partial charge in [0.05, 0.1) is 0 Å². The molecule has 0 spiro atoms. The van der Waals surface area contributed by atoms with Gasteiger partial charge in [0, 0.05) is 11.5 Å². The van der Waals surface area contributed by atoms with Crippen LogP contribution in [0.15, 0.2) is 60.7 Å². The number of hydrogen-bond acceptors (Lipinski definition) is 1. The average Bonchev–Trinajstić information content (AvgIpc) is 2.37. The van der Waals surface area contributed by atoms with Gasteiger partial charge in [-0.2, -0.15) is 11.8 Å². The van der Waals surface area contributed by atoms with E-state index in [1.165, 1.54) is 11.1 Å². The molecule has 0 aliphatic rings. The Hall–Kier alpha value is -1.21. The maximum absolute atomic E-state index is 2.28. The average molecular weight is 227 g/mol. The summed E-state index contributed by atoms with van der Waals surface area (Å²) in [6, 6.07) is 21.1. The number of benzene rings is 2. The van der Waals surface area contributed by atoms with E-state index in [1.807, 2.05) is 11.8 Å². The van der Waals surface area contributed by atoms with Gasteiger partial charge in [-0.3, -0.25) is 0 Å². The highest BCUT2D eigenvalue weighted by atomic mass is 32.2. The molecule has 2 aromatic rings. The first-order chi connectivity index (χ1) is 7.95. The van der Waals surface area contributed by atoms with E-state index in [4.69, 9.17) is 0 Å². The van der Waals surface area contributed by atoms with Crippen molar-refractivity contribution in [3.63, 3.8) is 0 Å². The summed E-state index contributed by atoms with van der Waals surface area (Å²) in [5, 5.41) is 0. The van der Waals surface area contributed by atoms with Crippen LogP contribution in [0.2, 0.25) is 0 Å². The Kier molecular flexibility index (Phi) is 4.50. The van der Waals surface area contributed by atoms with Crippen LogP contribution in [-0.2, 0) is 12.2 Å². The Morgan fingerprint density at radius 2 is 1.31 bits per heavy atom. The second kappa shape index (κ2) is 6.39. The molecular formula is C15H15S. The van der Waals surface area contributed by atoms with Crippen LogP contribution in [0.1, 0.15) is 11.1 Å². The van der Waals surface area contributed by atoms with E-state index in [0.717, 1.165) is 12.2 Å². The maximum atomic E-state index is 2.28. The quantitative estimate of drug-likeness (QED) is 0.685. The van der Waals surface area contributed by atoms with E-state index in [2.05, 4.69) is 66.4 Å². The van der Waals surface area contributed by atoms with Gasteiger partial charge in [-0.1, -0.05) is 60.7 Å². The molecule has 0 amide bonds. The van der Waals surface area contributed by atoms with Crippen molar-refractivity contribution < 1.29 is 0 Å². The van der Waals surface area contributed by atoms with Gasteiger partial charge >= 0.3 is 0 Å². The molecule has 0 saturated carbocycles. The zero-order chi connectivity index (χ0) is 11.1. The predicted molar refractivity (Wildman–Crippen MR) is 72.2 cm³/mol. The molecule has 0 aromatic heterocycles. The molecule has 81 valence electrons. The number of thioether (sulfide) groups is 1. The standard InChI is InChI=1S/C15H15S/c1-3-7-14(8-4-1)11-12-16-13-15-9-5-2-6-10-15/h1-10,12H,11,13H2. The molecular weight excluding hydrogens is 212 g/mol. The molecule has 0 aliphatic heterocycles. The lowest BCUT2D eigenvalue weighted by Gasteiger charge is -2.01. The summed E-state index contributed by atoms with van der Waals surface area (Å²) in [7, 11) is 0. The van der Waals surface area contributed by atoms with Crippen molar-refractivity contribution in [1.82, 2.24) is 0 Å². The van der Waals surface area contributed by atoms with E-state index in [0.29, 0.717) is 0 Å². The van der Waals surface area contributed by atoms with E-state index < -0.39 is 0 Å². The van der Waals surface area contributed by atoms with Gasteiger partial charge in [0.25, 0.3) is 0 Å². The van der Waals surface area contributed by atoms with Crippen LogP contribution in [0.25, 0.3) is 0 Å². The smallest absolute Gasteiger partial charge is 0.0213 e. The second-order valence-corrected chi connectivity index (χ2v) is 4.61. The van der Waals surface area contributed by atoms with Gasteiger partial charge < -0.3 is 0 Å². The summed E-state index contributed by atoms with van der Waals surface area (Å²) in [4.78, 5) is 0. The normalized spacial score (nSPS) is 10.2. The molecule has 0 saturated heterocycles. The first-order valence-electron chi connectivity index (χ1n) is 5.46. The highest BCUT2D eigenvalue weighted by molar-refractivity contribution is 8.00. The zero-order valence-electron chi connectivity index (χ0n) is 9.17. The second-order valence-electron chi connectivity index (χ2n) is 3.65. The summed E-state index contributed by atoms with van der Waals surface area (Å²) in [5.41, 5.74) is 2.76. The Balaban J connectivity index is 1.70. The summed E-state index contributed by atoms with van der Waals surface area (Å²) in [6.07, 6.45) is 1.04. The van der Waals surface area contributed by atoms with Crippen molar-refractivity contribution in [3.05, 3.63) is 77.5 Å². The predicted octanol–water partition coefficient (Wildman–Crippen LogP) is 4.32. The van der Waals surface area contributed by atoms with Gasteiger partial charge in [0.2, 0.25) is 0 Å². The Morgan fingerprint density at radius 1 is 0.750 bits per heavy atom. The van der Waals surface area contributed by atoms with Crippen LogP contribution < -0.4 is 0 Å². The Labute approximate surface area is 102 Å². The molecule has 16 heavy (non-hydrogen) atoms. The molecule has 0 nitrogen and oxygen atoms in total. The highest BCUT2D eigenvalue weighted by Crippen LogP contribution is 2.17. The van der Waals surface area contributed by atoms with Crippen LogP contribution in [-0.4, -0.2) is 0 Å². The first-order valence-corrected chi connectivity index (χ1v) is 6.51. The Bertz CT molecular complexity index is 353. The molecule has 0 N–H and O–H groups in total. The van der Waals surface area contributed by atoms with Crippen molar-refractivity contribution in [3.8, 4) is 0 Å². The summed E-state index contributed by atoms with van der Waals surface area (Å²) in [5.74, 6) is 3.34. The van der Waals surface area contributed by atoms with Crippen molar-refractivity contribution in [2.24, 2.45) is 0 Å². The van der Waals surface area contributed by atoms with Gasteiger partial charge in [-0.25, -0.2) is 0 Å². The van der Waals surface area contributed by atoms with E-state index in [-0.39, 0.29) is 0 Å². The third-order valence-corrected chi connectivity index (χ3v) is 3.27. The van der Waals surface area contributed by atoms with Crippen molar-refractivity contribution >= 4 is 11.8 Å². The van der Waals surface area contributed by atoms with Crippen molar-refractivity contribution in [1.29, 1.82) is 0 Å². The molecule has 0 atom stereocenters. The molecule has 2 rings (SSSR count). The highest BCUT2D eigenvalue weighted by Gasteiger charge is 1.94. The fourth-order valence-electron chi connectivity index (χ4n) is 1.50. The monoisotopic (exact) mass is 227 g/mol. The minimum Gasteiger partial charge on any atom is -0.152 e. The van der Waals surface area contributed by atoms with Crippen LogP contribution >= 0.6 is 11.8 Å². The SMILES string of the molecule is [CH](Cc1ccccc1)SCc1ccccc1. The Morgan fingerprint density at radius 3 is 1.94 bits per heavy atom. The van der Waals surface area contributed by atoms with Gasteiger partial charge in [-0.05, 0) is 17.5 Å². The van der Waals surface area contributed by atoms with Crippen molar-refractivity contribution in [2.45, 2.75) is 12.2 Å². The van der Waals surface area contributed by atoms with Crippen molar-refractivity contribution in [2.75, 3.05) is 0 Å². The molecule has 2 aromatic carbocycles. The lowest BCUT2D eigenvalue weighted by atomic mass is 10.2. The minimum atomic E-state index is 1.04. The van der Waals surface area contributed by atoms with Crippen LogP contribution in [0.4, 0.5) is 0 Å². The fraction of sp³-hybridized carbons (Fsp3) is 0.133. The largest absolute Gasteiger partial charge is 0.152 e. The topological polar surface area (TPSA) is 0 Å². The van der Waals surface area contributed by atoms with Gasteiger partial charge in [0.15, 0.2) is 0 Å². The molecule has 1 heteroatoms. The summed E-state index contributed by atoms with van der Waals surface area (Å²) >= 11 is 1.88. The van der Waals surface area contributed by atoms with Gasteiger partial charge in [-0.15, -0.1) is 0 Å². The number of hydrogen-bond donors (Lipinski definition) is 0. The third-order valence-electron chi connectivity index (χ3n) is 2.37. The van der Waals surface area contributed by atoms with Crippen LogP contribution in [0.3, 0.4) is 0 Å². The lowest BCUT2D eigenvalue weighted by Crippen LogP contribution is -1.84. The molecule has 0 fully saturated rings. The minimum absolute atomic E-state index is 1.04. The molecule has 1 radical (unpaired) electrons. The third kappa shape index (κ3) is 3.74. The fourth-order valence-corrected chi connectivity index (χ4v) is 2.31. The summed E-state index contributed by atoms with van der Waals surface area (Å²) in [6.45, 7) is 0. The molecule has 0 bridgehead atoms. The lowest BCUT2D eigenvalue weighted by molar-refractivity contribution is 1.24. The number of rotatable bonds is 5. The zero-order valence-corrected chi connectivity index (χ0v) is 9.99.